The highest BCUT2D eigenvalue weighted by molar-refractivity contribution is 5.93. The lowest BCUT2D eigenvalue weighted by Crippen LogP contribution is -2.04. The summed E-state index contributed by atoms with van der Waals surface area (Å²) >= 11 is 0. The molecule has 28 heavy (non-hydrogen) atoms. The first kappa shape index (κ1) is 17.9. The van der Waals surface area contributed by atoms with Gasteiger partial charge in [-0.05, 0) is 30.3 Å². The molecule has 140 valence electrons. The fourth-order valence-corrected chi connectivity index (χ4v) is 3.11. The van der Waals surface area contributed by atoms with Crippen molar-refractivity contribution < 1.29 is 18.0 Å². The van der Waals surface area contributed by atoms with Crippen molar-refractivity contribution in [1.82, 2.24) is 14.4 Å². The van der Waals surface area contributed by atoms with Gasteiger partial charge in [0.05, 0.1) is 17.5 Å². The monoisotopic (exact) mass is 381 g/mol. The van der Waals surface area contributed by atoms with Gasteiger partial charge in [-0.15, -0.1) is 0 Å². The third-order valence-electron chi connectivity index (χ3n) is 4.45. The molecule has 0 unspecified atom stereocenters. The van der Waals surface area contributed by atoms with Gasteiger partial charge in [0.2, 0.25) is 0 Å². The molecule has 0 fully saturated rings. The summed E-state index contributed by atoms with van der Waals surface area (Å²) in [5.74, 6) is -0.131. The van der Waals surface area contributed by atoms with Crippen LogP contribution in [0.1, 0.15) is 23.0 Å². The van der Waals surface area contributed by atoms with E-state index in [1.165, 1.54) is 25.4 Å². The average molecular weight is 381 g/mol. The van der Waals surface area contributed by atoms with Crippen LogP contribution in [-0.2, 0) is 6.18 Å². The summed E-state index contributed by atoms with van der Waals surface area (Å²) in [4.78, 5) is 20.3. The second kappa shape index (κ2) is 6.60. The van der Waals surface area contributed by atoms with Crippen molar-refractivity contribution in [3.05, 3.63) is 78.4 Å². The quantitative estimate of drug-likeness (QED) is 0.453. The molecule has 4 rings (SSSR count). The predicted molar refractivity (Wildman–Crippen MR) is 98.9 cm³/mol. The summed E-state index contributed by atoms with van der Waals surface area (Å²) in [7, 11) is 0. The number of fused-ring (bicyclic) bond motifs is 1. The maximum atomic E-state index is 13.1. The van der Waals surface area contributed by atoms with Crippen LogP contribution in [0.2, 0.25) is 0 Å². The number of hydrogen-bond acceptors (Lipinski definition) is 3. The molecule has 0 aliphatic rings. The van der Waals surface area contributed by atoms with Gasteiger partial charge in [-0.2, -0.15) is 13.2 Å². The zero-order valence-electron chi connectivity index (χ0n) is 14.7. The fourth-order valence-electron chi connectivity index (χ4n) is 3.11. The van der Waals surface area contributed by atoms with Gasteiger partial charge < -0.3 is 0 Å². The minimum atomic E-state index is -4.43. The molecule has 0 bridgehead atoms. The topological polar surface area (TPSA) is 47.3 Å². The summed E-state index contributed by atoms with van der Waals surface area (Å²) in [5, 5.41) is 0. The molecule has 3 heterocycles. The highest BCUT2D eigenvalue weighted by Gasteiger charge is 2.30. The SMILES string of the molecule is CC(=O)c1cnc2ccc(-c3cccnc3-c3cccc(C(F)(F)F)c3)cn12. The molecular formula is C21H14F3N3O. The number of hydrogen-bond donors (Lipinski definition) is 0. The molecule has 3 aromatic heterocycles. The van der Waals surface area contributed by atoms with Crippen molar-refractivity contribution in [3.8, 4) is 22.4 Å². The van der Waals surface area contributed by atoms with Crippen molar-refractivity contribution in [2.75, 3.05) is 0 Å². The highest BCUT2D eigenvalue weighted by atomic mass is 19.4. The number of carbonyl (C=O) groups excluding carboxylic acids is 1. The van der Waals surface area contributed by atoms with Crippen LogP contribution in [0.4, 0.5) is 13.2 Å². The van der Waals surface area contributed by atoms with E-state index in [9.17, 15) is 18.0 Å². The van der Waals surface area contributed by atoms with Crippen molar-refractivity contribution in [2.24, 2.45) is 0 Å². The number of benzene rings is 1. The van der Waals surface area contributed by atoms with Crippen LogP contribution in [-0.4, -0.2) is 20.2 Å². The lowest BCUT2D eigenvalue weighted by Gasteiger charge is -2.12. The van der Waals surface area contributed by atoms with Crippen LogP contribution in [0.3, 0.4) is 0 Å². The Kier molecular flexibility index (Phi) is 4.22. The average Bonchev–Trinajstić information content (AvgIpc) is 3.11. The maximum absolute atomic E-state index is 13.1. The Balaban J connectivity index is 1.89. The Morgan fingerprint density at radius 1 is 1.00 bits per heavy atom. The Morgan fingerprint density at radius 2 is 1.82 bits per heavy atom. The molecule has 0 saturated carbocycles. The number of rotatable bonds is 3. The molecule has 0 N–H and O–H groups in total. The van der Waals surface area contributed by atoms with Crippen LogP contribution in [0, 0.1) is 0 Å². The number of carbonyl (C=O) groups is 1. The molecule has 0 radical (unpaired) electrons. The predicted octanol–water partition coefficient (Wildman–Crippen LogP) is 5.28. The fraction of sp³-hybridized carbons (Fsp3) is 0.0952. The minimum absolute atomic E-state index is 0.131. The van der Waals surface area contributed by atoms with Crippen molar-refractivity contribution >= 4 is 11.4 Å². The smallest absolute Gasteiger partial charge is 0.296 e. The van der Waals surface area contributed by atoms with Gasteiger partial charge in [-0.3, -0.25) is 14.2 Å². The number of nitrogens with zero attached hydrogens (tertiary/aromatic N) is 3. The number of ketones is 1. The van der Waals surface area contributed by atoms with E-state index in [0.717, 1.165) is 12.1 Å². The van der Waals surface area contributed by atoms with E-state index in [2.05, 4.69) is 9.97 Å². The zero-order chi connectivity index (χ0) is 19.9. The molecule has 1 aromatic carbocycles. The number of pyridine rings is 2. The Hall–Kier alpha value is -3.48. The lowest BCUT2D eigenvalue weighted by molar-refractivity contribution is -0.137. The first-order chi connectivity index (χ1) is 13.3. The Labute approximate surface area is 158 Å². The van der Waals surface area contributed by atoms with Crippen LogP contribution in [0.25, 0.3) is 28.0 Å². The van der Waals surface area contributed by atoms with E-state index in [1.807, 2.05) is 0 Å². The van der Waals surface area contributed by atoms with Crippen LogP contribution in [0.5, 0.6) is 0 Å². The molecule has 0 aliphatic heterocycles. The molecule has 0 aliphatic carbocycles. The van der Waals surface area contributed by atoms with Crippen molar-refractivity contribution in [1.29, 1.82) is 0 Å². The lowest BCUT2D eigenvalue weighted by atomic mass is 9.99. The van der Waals surface area contributed by atoms with Crippen LogP contribution >= 0.6 is 0 Å². The molecule has 4 aromatic rings. The van der Waals surface area contributed by atoms with Crippen LogP contribution in [0.15, 0.2) is 67.1 Å². The van der Waals surface area contributed by atoms with Crippen LogP contribution < -0.4 is 0 Å². The number of alkyl halides is 3. The second-order valence-corrected chi connectivity index (χ2v) is 6.32. The van der Waals surface area contributed by atoms with Crippen molar-refractivity contribution in [2.45, 2.75) is 13.1 Å². The van der Waals surface area contributed by atoms with Gasteiger partial charge in [-0.1, -0.05) is 18.2 Å². The van der Waals surface area contributed by atoms with E-state index in [-0.39, 0.29) is 5.78 Å². The molecular weight excluding hydrogens is 367 g/mol. The third kappa shape index (κ3) is 3.15. The number of halogens is 3. The maximum Gasteiger partial charge on any atom is 0.416 e. The summed E-state index contributed by atoms with van der Waals surface area (Å²) in [5.41, 5.74) is 2.48. The number of Topliss-reactive ketones (excluding diaryl/α,β-unsaturated/α-hetero) is 1. The van der Waals surface area contributed by atoms with Gasteiger partial charge >= 0.3 is 6.18 Å². The summed E-state index contributed by atoms with van der Waals surface area (Å²) < 4.78 is 41.0. The van der Waals surface area contributed by atoms with Gasteiger partial charge in [-0.25, -0.2) is 4.98 Å². The molecule has 4 nitrogen and oxygen atoms in total. The highest BCUT2D eigenvalue weighted by Crippen LogP contribution is 2.35. The zero-order valence-corrected chi connectivity index (χ0v) is 14.7. The van der Waals surface area contributed by atoms with E-state index < -0.39 is 11.7 Å². The van der Waals surface area contributed by atoms with Gasteiger partial charge in [0.1, 0.15) is 11.3 Å². The summed E-state index contributed by atoms with van der Waals surface area (Å²) in [6.45, 7) is 1.45. The minimum Gasteiger partial charge on any atom is -0.296 e. The molecule has 7 heteroatoms. The number of aromatic nitrogens is 3. The molecule has 0 saturated heterocycles. The first-order valence-electron chi connectivity index (χ1n) is 8.45. The van der Waals surface area contributed by atoms with Gasteiger partial charge in [0, 0.05) is 36.0 Å². The Bertz CT molecular complexity index is 1190. The van der Waals surface area contributed by atoms with Crippen molar-refractivity contribution in [3.63, 3.8) is 0 Å². The van der Waals surface area contributed by atoms with E-state index in [4.69, 9.17) is 0 Å². The summed E-state index contributed by atoms with van der Waals surface area (Å²) in [6, 6.07) is 12.1. The molecule has 0 spiro atoms. The first-order valence-corrected chi connectivity index (χ1v) is 8.45. The number of imidazole rings is 1. The summed E-state index contributed by atoms with van der Waals surface area (Å²) in [6.07, 6.45) is 0.346. The normalized spacial score (nSPS) is 11.7. The molecule has 0 atom stereocenters. The van der Waals surface area contributed by atoms with E-state index >= 15 is 0 Å². The largest absolute Gasteiger partial charge is 0.416 e. The van der Waals surface area contributed by atoms with E-state index in [1.54, 1.807) is 40.9 Å². The molecule has 0 amide bonds. The Morgan fingerprint density at radius 3 is 2.57 bits per heavy atom. The standard InChI is InChI=1S/C21H14F3N3O/c1-13(28)18-11-26-19-8-7-15(12-27(18)19)17-6-3-9-25-20(17)14-4-2-5-16(10-14)21(22,23)24/h2-12H,1H3. The van der Waals surface area contributed by atoms with E-state index in [0.29, 0.717) is 33.7 Å². The van der Waals surface area contributed by atoms with Gasteiger partial charge in [0.25, 0.3) is 0 Å². The van der Waals surface area contributed by atoms with Gasteiger partial charge in [0.15, 0.2) is 5.78 Å². The third-order valence-corrected chi connectivity index (χ3v) is 4.45. The second-order valence-electron chi connectivity index (χ2n) is 6.32.